The van der Waals surface area contributed by atoms with E-state index in [0.29, 0.717) is 18.2 Å². The zero-order chi connectivity index (χ0) is 29.9. The van der Waals surface area contributed by atoms with E-state index in [0.717, 1.165) is 62.3 Å². The summed E-state index contributed by atoms with van der Waals surface area (Å²) in [4.78, 5) is 23.6. The lowest BCUT2D eigenvalue weighted by Gasteiger charge is -2.33. The molecule has 224 valence electrons. The number of aliphatic hydroxyl groups excluding tert-OH is 1. The first-order valence-electron chi connectivity index (χ1n) is 14.4. The minimum atomic E-state index is -0.742. The third-order valence-corrected chi connectivity index (χ3v) is 7.95. The molecule has 11 nitrogen and oxygen atoms in total. The summed E-state index contributed by atoms with van der Waals surface area (Å²) in [5.41, 5.74) is 8.49. The number of halogens is 1. The second kappa shape index (κ2) is 12.4. The molecule has 0 radical (unpaired) electrons. The van der Waals surface area contributed by atoms with E-state index >= 15 is 0 Å². The molecule has 0 spiro atoms. The van der Waals surface area contributed by atoms with E-state index in [9.17, 15) is 14.3 Å². The van der Waals surface area contributed by atoms with Crippen LogP contribution in [-0.4, -0.2) is 70.3 Å². The highest BCUT2D eigenvalue weighted by Gasteiger charge is 2.24. The lowest BCUT2D eigenvalue weighted by molar-refractivity contribution is 0.0662. The molecule has 2 aliphatic heterocycles. The maximum atomic E-state index is 15.0. The molecule has 43 heavy (non-hydrogen) atoms. The molecule has 2 fully saturated rings. The van der Waals surface area contributed by atoms with Crippen molar-refractivity contribution in [2.75, 3.05) is 43.6 Å². The van der Waals surface area contributed by atoms with Crippen molar-refractivity contribution in [1.82, 2.24) is 19.7 Å². The number of hydrogen-bond acceptors (Lipinski definition) is 9. The minimum absolute atomic E-state index is 0.0373. The first-order valence-corrected chi connectivity index (χ1v) is 14.4. The van der Waals surface area contributed by atoms with Gasteiger partial charge in [-0.25, -0.2) is 14.4 Å². The second-order valence-corrected chi connectivity index (χ2v) is 10.8. The summed E-state index contributed by atoms with van der Waals surface area (Å²) in [6, 6.07) is 9.67. The van der Waals surface area contributed by atoms with Gasteiger partial charge >= 0.3 is 0 Å². The van der Waals surface area contributed by atoms with E-state index in [1.807, 2.05) is 23.1 Å². The van der Waals surface area contributed by atoms with Crippen LogP contribution < -0.4 is 20.7 Å². The Morgan fingerprint density at radius 3 is 2.77 bits per heavy atom. The number of anilines is 3. The van der Waals surface area contributed by atoms with Gasteiger partial charge in [0, 0.05) is 55.9 Å². The molecular weight excluding hydrogens is 553 g/mol. The van der Waals surface area contributed by atoms with Gasteiger partial charge in [0.05, 0.1) is 48.0 Å². The summed E-state index contributed by atoms with van der Waals surface area (Å²) in [6.07, 6.45) is 8.68. The van der Waals surface area contributed by atoms with E-state index in [1.165, 1.54) is 25.3 Å². The van der Waals surface area contributed by atoms with Crippen molar-refractivity contribution in [3.8, 4) is 28.1 Å². The van der Waals surface area contributed by atoms with E-state index < -0.39 is 17.8 Å². The van der Waals surface area contributed by atoms with Crippen molar-refractivity contribution in [2.45, 2.75) is 37.8 Å². The normalized spacial score (nSPS) is 17.6. The molecule has 0 aliphatic carbocycles. The number of nitrogens with two attached hydrogens (primary N) is 1. The smallest absolute Gasteiger partial charge is 0.250 e. The first-order chi connectivity index (χ1) is 20.9. The van der Waals surface area contributed by atoms with Gasteiger partial charge in [0.25, 0.3) is 5.91 Å². The van der Waals surface area contributed by atoms with Gasteiger partial charge in [0.2, 0.25) is 0 Å². The Bertz CT molecular complexity index is 1620. The van der Waals surface area contributed by atoms with E-state index in [1.54, 1.807) is 18.3 Å². The van der Waals surface area contributed by atoms with Crippen LogP contribution in [0.2, 0.25) is 0 Å². The lowest BCUT2D eigenvalue weighted by Crippen LogP contribution is -2.38. The number of amides is 1. The van der Waals surface area contributed by atoms with Crippen LogP contribution in [0.4, 0.5) is 21.7 Å². The Morgan fingerprint density at radius 1 is 1.16 bits per heavy atom. The van der Waals surface area contributed by atoms with Crippen molar-refractivity contribution in [3.63, 3.8) is 0 Å². The third kappa shape index (κ3) is 6.02. The number of rotatable bonds is 8. The molecule has 0 saturated carbocycles. The number of ether oxygens (including phenoxy) is 2. The Morgan fingerprint density at radius 2 is 2.00 bits per heavy atom. The van der Waals surface area contributed by atoms with Crippen molar-refractivity contribution >= 4 is 23.2 Å². The van der Waals surface area contributed by atoms with Crippen LogP contribution in [0, 0.1) is 5.82 Å². The number of methoxy groups -OCH3 is 1. The number of primary amides is 1. The number of nitrogens with zero attached hydrogens (tertiary/aromatic N) is 5. The summed E-state index contributed by atoms with van der Waals surface area (Å²) in [5.74, 6) is -0.291. The number of carbonyl (C=O) groups excluding carboxylic acids is 1. The lowest BCUT2D eigenvalue weighted by atomic mass is 10.0. The van der Waals surface area contributed by atoms with Gasteiger partial charge in [-0.3, -0.25) is 9.48 Å². The fourth-order valence-electron chi connectivity index (χ4n) is 5.75. The van der Waals surface area contributed by atoms with Gasteiger partial charge in [-0.05, 0) is 49.9 Å². The SMILES string of the molecule is COc1cccc(F)c1-c1nc(Nc2cc(N3CCC[C@H](O)C3)c(-c3cnn(C4CCOCC4)c3)cn2)ccc1C(N)=O. The van der Waals surface area contributed by atoms with Crippen LogP contribution >= 0.6 is 0 Å². The number of pyridine rings is 2. The summed E-state index contributed by atoms with van der Waals surface area (Å²) in [7, 11) is 1.42. The molecular formula is C31H34FN7O4. The average molecular weight is 588 g/mol. The molecule has 6 rings (SSSR count). The standard InChI is InChI=1S/C31H34FN7O4/c1-42-26-6-2-5-24(32)29(26)30-22(31(33)41)7-8-27(37-30)36-28-14-25(38-11-3-4-21(40)18-38)23(16-34-28)19-15-35-39(17-19)20-9-12-43-13-10-20/h2,5-8,14-17,20-21,40H,3-4,9-13,18H2,1H3,(H2,33,41)(H,34,36,37)/t21-/m0/s1. The minimum Gasteiger partial charge on any atom is -0.496 e. The van der Waals surface area contributed by atoms with Crippen molar-refractivity contribution in [1.29, 1.82) is 0 Å². The number of benzene rings is 1. The number of hydrogen-bond donors (Lipinski definition) is 3. The molecule has 0 unspecified atom stereocenters. The quantitative estimate of drug-likeness (QED) is 0.275. The maximum Gasteiger partial charge on any atom is 0.250 e. The Hall–Kier alpha value is -4.55. The Balaban J connectivity index is 1.37. The van der Waals surface area contributed by atoms with Gasteiger partial charge < -0.3 is 30.5 Å². The van der Waals surface area contributed by atoms with Crippen LogP contribution in [0.25, 0.3) is 22.4 Å². The molecule has 1 atom stereocenters. The molecule has 1 amide bonds. The summed E-state index contributed by atoms with van der Waals surface area (Å²) >= 11 is 0. The number of β-amino-alcohol motifs (C(OH)–C–C–N with tert-alkyl or cyclic N) is 1. The Labute approximate surface area is 248 Å². The molecule has 2 saturated heterocycles. The fraction of sp³-hybridized carbons (Fsp3) is 0.355. The van der Waals surface area contributed by atoms with E-state index in [4.69, 9.17) is 15.2 Å². The molecule has 4 N–H and O–H groups in total. The predicted octanol–water partition coefficient (Wildman–Crippen LogP) is 4.31. The molecule has 0 bridgehead atoms. The van der Waals surface area contributed by atoms with E-state index in [2.05, 4.69) is 25.3 Å². The number of piperidine rings is 1. The van der Waals surface area contributed by atoms with Gasteiger partial charge in [-0.1, -0.05) is 6.07 Å². The zero-order valence-electron chi connectivity index (χ0n) is 23.9. The average Bonchev–Trinajstić information content (AvgIpc) is 3.51. The molecule has 4 aromatic rings. The molecule has 1 aromatic carbocycles. The van der Waals surface area contributed by atoms with Gasteiger partial charge in [0.1, 0.15) is 23.2 Å². The zero-order valence-corrected chi connectivity index (χ0v) is 23.9. The number of aromatic nitrogens is 4. The summed E-state index contributed by atoms with van der Waals surface area (Å²) < 4.78 is 27.9. The van der Waals surface area contributed by atoms with Crippen LogP contribution in [0.5, 0.6) is 5.75 Å². The third-order valence-electron chi connectivity index (χ3n) is 7.95. The van der Waals surface area contributed by atoms with Crippen molar-refractivity contribution in [3.05, 3.63) is 66.4 Å². The number of carbonyl (C=O) groups is 1. The maximum absolute atomic E-state index is 15.0. The Kier molecular flexibility index (Phi) is 8.21. The second-order valence-electron chi connectivity index (χ2n) is 10.8. The van der Waals surface area contributed by atoms with Crippen LogP contribution in [-0.2, 0) is 4.74 Å². The highest BCUT2D eigenvalue weighted by molar-refractivity contribution is 6.00. The van der Waals surface area contributed by atoms with E-state index in [-0.39, 0.29) is 28.6 Å². The molecule has 5 heterocycles. The monoisotopic (exact) mass is 587 g/mol. The largest absolute Gasteiger partial charge is 0.496 e. The molecule has 12 heteroatoms. The predicted molar refractivity (Wildman–Crippen MR) is 160 cm³/mol. The van der Waals surface area contributed by atoms with Crippen LogP contribution in [0.3, 0.4) is 0 Å². The fourth-order valence-corrected chi connectivity index (χ4v) is 5.75. The van der Waals surface area contributed by atoms with Gasteiger partial charge in [0.15, 0.2) is 0 Å². The van der Waals surface area contributed by atoms with Crippen molar-refractivity contribution < 1.29 is 23.8 Å². The van der Waals surface area contributed by atoms with Crippen molar-refractivity contribution in [2.24, 2.45) is 5.73 Å². The van der Waals surface area contributed by atoms with Gasteiger partial charge in [-0.2, -0.15) is 5.10 Å². The summed E-state index contributed by atoms with van der Waals surface area (Å²) in [5, 5.41) is 18.3. The highest BCUT2D eigenvalue weighted by Crippen LogP contribution is 2.37. The summed E-state index contributed by atoms with van der Waals surface area (Å²) in [6.45, 7) is 2.72. The highest BCUT2D eigenvalue weighted by atomic mass is 19.1. The first kappa shape index (κ1) is 28.6. The number of nitrogens with one attached hydrogen (secondary N) is 1. The van der Waals surface area contributed by atoms with Crippen LogP contribution in [0.15, 0.2) is 55.0 Å². The number of aliphatic hydroxyl groups is 1. The molecule has 2 aliphatic rings. The topological polar surface area (TPSA) is 141 Å². The van der Waals surface area contributed by atoms with Crippen LogP contribution in [0.1, 0.15) is 42.1 Å². The van der Waals surface area contributed by atoms with Gasteiger partial charge in [-0.15, -0.1) is 0 Å². The molecule has 3 aromatic heterocycles.